The van der Waals surface area contributed by atoms with Crippen LogP contribution in [-0.4, -0.2) is 15.0 Å². The van der Waals surface area contributed by atoms with Crippen molar-refractivity contribution < 1.29 is 8.78 Å². The molecule has 2 rings (SSSR count). The molecule has 2 N–H and O–H groups in total. The van der Waals surface area contributed by atoms with E-state index < -0.39 is 11.6 Å². The molecule has 1 heterocycles. The van der Waals surface area contributed by atoms with Crippen LogP contribution in [0.3, 0.4) is 0 Å². The maximum Gasteiger partial charge on any atom is 0.150 e. The van der Waals surface area contributed by atoms with Gasteiger partial charge in [-0.05, 0) is 28.9 Å². The average molecular weight is 303 g/mol. The molecule has 17 heavy (non-hydrogen) atoms. The summed E-state index contributed by atoms with van der Waals surface area (Å²) in [5.74, 6) is -1.17. The van der Waals surface area contributed by atoms with Crippen molar-refractivity contribution in [1.29, 1.82) is 0 Å². The summed E-state index contributed by atoms with van der Waals surface area (Å²) in [6.45, 7) is 1.73. The lowest BCUT2D eigenvalue weighted by molar-refractivity contribution is 0.579. The molecule has 1 aromatic carbocycles. The molecule has 90 valence electrons. The largest absolute Gasteiger partial charge is 0.323 e. The van der Waals surface area contributed by atoms with Gasteiger partial charge in [-0.3, -0.25) is 0 Å². The maximum absolute atomic E-state index is 13.6. The molecule has 1 aromatic heterocycles. The van der Waals surface area contributed by atoms with Gasteiger partial charge in [-0.15, -0.1) is 5.10 Å². The molecule has 7 heteroatoms. The van der Waals surface area contributed by atoms with Crippen LogP contribution in [0.25, 0.3) is 5.69 Å². The molecule has 0 amide bonds. The van der Waals surface area contributed by atoms with Crippen molar-refractivity contribution >= 4 is 15.9 Å². The first-order valence-electron chi connectivity index (χ1n) is 4.82. The van der Waals surface area contributed by atoms with Crippen LogP contribution in [0.2, 0.25) is 0 Å². The number of halogens is 3. The average Bonchev–Trinajstić information content (AvgIpc) is 2.72. The highest BCUT2D eigenvalue weighted by Crippen LogP contribution is 2.22. The topological polar surface area (TPSA) is 56.7 Å². The van der Waals surface area contributed by atoms with E-state index in [1.54, 1.807) is 6.92 Å². The van der Waals surface area contributed by atoms with Crippen LogP contribution in [-0.2, 0) is 0 Å². The third kappa shape index (κ3) is 2.34. The first-order chi connectivity index (χ1) is 7.99. The van der Waals surface area contributed by atoms with Gasteiger partial charge in [0.15, 0.2) is 0 Å². The van der Waals surface area contributed by atoms with E-state index in [2.05, 4.69) is 26.2 Å². The van der Waals surface area contributed by atoms with Gasteiger partial charge in [0.1, 0.15) is 17.3 Å². The van der Waals surface area contributed by atoms with Crippen molar-refractivity contribution in [1.82, 2.24) is 15.0 Å². The number of hydrogen-bond acceptors (Lipinski definition) is 3. The van der Waals surface area contributed by atoms with Gasteiger partial charge in [-0.2, -0.15) is 0 Å². The number of benzene rings is 1. The van der Waals surface area contributed by atoms with E-state index in [9.17, 15) is 8.78 Å². The zero-order valence-corrected chi connectivity index (χ0v) is 10.4. The summed E-state index contributed by atoms with van der Waals surface area (Å²) in [6, 6.07) is 1.77. The van der Waals surface area contributed by atoms with Crippen LogP contribution in [0.4, 0.5) is 8.78 Å². The zero-order valence-electron chi connectivity index (χ0n) is 8.86. The predicted octanol–water partition coefficient (Wildman–Crippen LogP) is 2.33. The Bertz CT molecular complexity index is 553. The van der Waals surface area contributed by atoms with Gasteiger partial charge in [0.2, 0.25) is 0 Å². The molecule has 0 radical (unpaired) electrons. The van der Waals surface area contributed by atoms with Crippen molar-refractivity contribution in [3.05, 3.63) is 40.1 Å². The second kappa shape index (κ2) is 4.50. The van der Waals surface area contributed by atoms with Gasteiger partial charge in [0.05, 0.1) is 16.4 Å². The van der Waals surface area contributed by atoms with E-state index in [1.165, 1.54) is 6.20 Å². The summed E-state index contributed by atoms with van der Waals surface area (Å²) in [6.07, 6.45) is 1.47. The van der Waals surface area contributed by atoms with Crippen molar-refractivity contribution in [3.8, 4) is 5.69 Å². The summed E-state index contributed by atoms with van der Waals surface area (Å²) in [5.41, 5.74) is 6.10. The van der Waals surface area contributed by atoms with Crippen LogP contribution in [0.1, 0.15) is 18.7 Å². The second-order valence-corrected chi connectivity index (χ2v) is 4.45. The zero-order chi connectivity index (χ0) is 12.6. The Morgan fingerprint density at radius 1 is 1.35 bits per heavy atom. The molecular formula is C10H9BrF2N4. The second-order valence-electron chi connectivity index (χ2n) is 3.59. The van der Waals surface area contributed by atoms with Gasteiger partial charge in [0, 0.05) is 12.1 Å². The summed E-state index contributed by atoms with van der Waals surface area (Å²) >= 11 is 2.90. The molecule has 0 bridgehead atoms. The van der Waals surface area contributed by atoms with Crippen molar-refractivity contribution in [2.45, 2.75) is 13.0 Å². The number of aromatic nitrogens is 3. The van der Waals surface area contributed by atoms with Gasteiger partial charge in [0.25, 0.3) is 0 Å². The fourth-order valence-electron chi connectivity index (χ4n) is 1.29. The Kier molecular flexibility index (Phi) is 3.21. The van der Waals surface area contributed by atoms with E-state index >= 15 is 0 Å². The molecular weight excluding hydrogens is 294 g/mol. The molecule has 0 saturated carbocycles. The highest BCUT2D eigenvalue weighted by Gasteiger charge is 2.13. The first kappa shape index (κ1) is 12.1. The van der Waals surface area contributed by atoms with Gasteiger partial charge in [-0.25, -0.2) is 13.5 Å². The highest BCUT2D eigenvalue weighted by atomic mass is 79.9. The lowest BCUT2D eigenvalue weighted by Crippen LogP contribution is -2.05. The Balaban J connectivity index is 2.49. The van der Waals surface area contributed by atoms with Crippen molar-refractivity contribution in [2.24, 2.45) is 5.73 Å². The van der Waals surface area contributed by atoms with E-state index in [0.717, 1.165) is 16.8 Å². The molecule has 0 aliphatic carbocycles. The van der Waals surface area contributed by atoms with Crippen LogP contribution in [0, 0.1) is 11.6 Å². The Labute approximate surface area is 105 Å². The fraction of sp³-hybridized carbons (Fsp3) is 0.200. The monoisotopic (exact) mass is 302 g/mol. The molecule has 0 fully saturated rings. The number of nitrogens with zero attached hydrogens (tertiary/aromatic N) is 3. The molecule has 0 spiro atoms. The number of rotatable bonds is 2. The third-order valence-corrected chi connectivity index (χ3v) is 2.82. The van der Waals surface area contributed by atoms with Crippen LogP contribution in [0.15, 0.2) is 22.8 Å². The van der Waals surface area contributed by atoms with E-state index in [4.69, 9.17) is 5.73 Å². The summed E-state index contributed by atoms with van der Waals surface area (Å²) in [4.78, 5) is 0. The SMILES string of the molecule is CC(N)c1cn(-c2cc(F)c(Br)cc2F)nn1. The van der Waals surface area contributed by atoms with Crippen molar-refractivity contribution in [2.75, 3.05) is 0 Å². The molecule has 1 unspecified atom stereocenters. The van der Waals surface area contributed by atoms with Crippen LogP contribution < -0.4 is 5.73 Å². The van der Waals surface area contributed by atoms with E-state index in [-0.39, 0.29) is 16.2 Å². The summed E-state index contributed by atoms with van der Waals surface area (Å²) in [7, 11) is 0. The Morgan fingerprint density at radius 3 is 2.65 bits per heavy atom. The Morgan fingerprint density at radius 2 is 2.06 bits per heavy atom. The minimum atomic E-state index is -0.598. The Hall–Kier alpha value is -1.34. The van der Waals surface area contributed by atoms with Crippen LogP contribution in [0.5, 0.6) is 0 Å². The quantitative estimate of drug-likeness (QED) is 0.866. The molecule has 1 atom stereocenters. The maximum atomic E-state index is 13.6. The standard InChI is InChI=1S/C10H9BrF2N4/c1-5(14)9-4-17(16-15-9)10-3-7(12)6(11)2-8(10)13/h2-5H,14H2,1H3. The predicted molar refractivity (Wildman–Crippen MR) is 61.6 cm³/mol. The molecule has 0 aliphatic heterocycles. The smallest absolute Gasteiger partial charge is 0.150 e. The summed E-state index contributed by atoms with van der Waals surface area (Å²) in [5, 5.41) is 7.48. The third-order valence-electron chi connectivity index (χ3n) is 2.21. The van der Waals surface area contributed by atoms with E-state index in [0.29, 0.717) is 5.69 Å². The minimum Gasteiger partial charge on any atom is -0.323 e. The summed E-state index contributed by atoms with van der Waals surface area (Å²) < 4.78 is 28.1. The lowest BCUT2D eigenvalue weighted by Gasteiger charge is -2.03. The first-order valence-corrected chi connectivity index (χ1v) is 5.61. The van der Waals surface area contributed by atoms with Gasteiger partial charge >= 0.3 is 0 Å². The minimum absolute atomic E-state index is 0.00917. The molecule has 4 nitrogen and oxygen atoms in total. The number of hydrogen-bond donors (Lipinski definition) is 1. The lowest BCUT2D eigenvalue weighted by atomic mass is 10.2. The molecule has 2 aromatic rings. The fourth-order valence-corrected chi connectivity index (χ4v) is 1.61. The van der Waals surface area contributed by atoms with E-state index in [1.807, 2.05) is 0 Å². The molecule has 0 aliphatic rings. The van der Waals surface area contributed by atoms with Gasteiger partial charge < -0.3 is 5.73 Å². The van der Waals surface area contributed by atoms with Crippen LogP contribution >= 0.6 is 15.9 Å². The van der Waals surface area contributed by atoms with Gasteiger partial charge in [-0.1, -0.05) is 5.21 Å². The normalized spacial score (nSPS) is 12.8. The number of nitrogens with two attached hydrogens (primary N) is 1. The molecule has 0 saturated heterocycles. The highest BCUT2D eigenvalue weighted by molar-refractivity contribution is 9.10. The van der Waals surface area contributed by atoms with Crippen molar-refractivity contribution in [3.63, 3.8) is 0 Å².